The number of benzene rings is 3. The zero-order valence-corrected chi connectivity index (χ0v) is 18.9. The Labute approximate surface area is 198 Å². The van der Waals surface area contributed by atoms with Crippen LogP contribution in [0.25, 0.3) is 0 Å². The van der Waals surface area contributed by atoms with Crippen molar-refractivity contribution in [1.29, 1.82) is 0 Å². The molecule has 4 aromatic rings. The van der Waals surface area contributed by atoms with Gasteiger partial charge in [-0.1, -0.05) is 66.7 Å². The van der Waals surface area contributed by atoms with Crippen molar-refractivity contribution in [3.05, 3.63) is 118 Å². The van der Waals surface area contributed by atoms with E-state index < -0.39 is 0 Å². The highest BCUT2D eigenvalue weighted by Gasteiger charge is 2.14. The van der Waals surface area contributed by atoms with E-state index in [0.29, 0.717) is 36.7 Å². The molecule has 0 saturated heterocycles. The van der Waals surface area contributed by atoms with Crippen molar-refractivity contribution < 1.29 is 9.53 Å². The summed E-state index contributed by atoms with van der Waals surface area (Å²) in [6.07, 6.45) is 1.53. The van der Waals surface area contributed by atoms with Crippen LogP contribution in [0.4, 0.5) is 11.4 Å². The minimum absolute atomic E-state index is 0.200. The van der Waals surface area contributed by atoms with Gasteiger partial charge in [0.2, 0.25) is 0 Å². The highest BCUT2D eigenvalue weighted by atomic mass is 16.5. The van der Waals surface area contributed by atoms with E-state index in [9.17, 15) is 9.59 Å². The van der Waals surface area contributed by atoms with Crippen molar-refractivity contribution in [2.75, 3.05) is 11.9 Å². The summed E-state index contributed by atoms with van der Waals surface area (Å²) in [5, 5.41) is 10.3. The Morgan fingerprint density at radius 1 is 0.941 bits per heavy atom. The number of hydrogen-bond donors (Lipinski definition) is 2. The fourth-order valence-electron chi connectivity index (χ4n) is 3.49. The highest BCUT2D eigenvalue weighted by molar-refractivity contribution is 5.95. The Balaban J connectivity index is 1.55. The Morgan fingerprint density at radius 2 is 1.65 bits per heavy atom. The fourth-order valence-corrected chi connectivity index (χ4v) is 3.49. The molecule has 7 heteroatoms. The van der Waals surface area contributed by atoms with Crippen molar-refractivity contribution in [3.63, 3.8) is 0 Å². The molecule has 0 aliphatic heterocycles. The second-order valence-electron chi connectivity index (χ2n) is 7.64. The van der Waals surface area contributed by atoms with Crippen LogP contribution in [0, 0.1) is 0 Å². The Hall–Kier alpha value is -4.39. The topological polar surface area (TPSA) is 85.2 Å². The number of nitrogens with zero attached hydrogens (tertiary/aromatic N) is 2. The number of carbonyl (C=O) groups is 1. The summed E-state index contributed by atoms with van der Waals surface area (Å²) in [6.45, 7) is 3.00. The summed E-state index contributed by atoms with van der Waals surface area (Å²) in [4.78, 5) is 25.9. The van der Waals surface area contributed by atoms with E-state index in [4.69, 9.17) is 4.74 Å². The van der Waals surface area contributed by atoms with E-state index in [0.717, 1.165) is 11.1 Å². The number of ether oxygens (including phenoxy) is 1. The molecule has 0 aliphatic carbocycles. The summed E-state index contributed by atoms with van der Waals surface area (Å²) in [5.41, 5.74) is 3.02. The van der Waals surface area contributed by atoms with Crippen LogP contribution in [0.2, 0.25) is 0 Å². The maximum atomic E-state index is 13.2. The monoisotopic (exact) mass is 454 g/mol. The Bertz CT molecular complexity index is 1300. The molecule has 1 aromatic heterocycles. The Morgan fingerprint density at radius 3 is 2.35 bits per heavy atom. The first-order valence-corrected chi connectivity index (χ1v) is 11.1. The molecule has 0 fully saturated rings. The molecule has 0 unspecified atom stereocenters. The molecule has 0 saturated carbocycles. The molecule has 0 spiro atoms. The third-order valence-corrected chi connectivity index (χ3v) is 5.17. The van der Waals surface area contributed by atoms with Gasteiger partial charge in [-0.05, 0) is 36.2 Å². The smallest absolute Gasteiger partial charge is 0.294 e. The molecule has 1 amide bonds. The van der Waals surface area contributed by atoms with Crippen molar-refractivity contribution in [1.82, 2.24) is 15.1 Å². The van der Waals surface area contributed by atoms with Crippen molar-refractivity contribution in [2.45, 2.75) is 20.0 Å². The average Bonchev–Trinajstić information content (AvgIpc) is 2.88. The van der Waals surface area contributed by atoms with Gasteiger partial charge in [-0.2, -0.15) is 5.10 Å². The molecule has 0 aliphatic rings. The predicted molar refractivity (Wildman–Crippen MR) is 133 cm³/mol. The molecule has 1 heterocycles. The molecular weight excluding hydrogens is 428 g/mol. The SMILES string of the molecule is CCOc1cnn(Cc2ccccc2)c(=O)c1Nc1cccc(C(=O)NCc2ccccc2)c1. The van der Waals surface area contributed by atoms with Gasteiger partial charge in [-0.15, -0.1) is 0 Å². The number of aromatic nitrogens is 2. The van der Waals surface area contributed by atoms with E-state index >= 15 is 0 Å². The second-order valence-corrected chi connectivity index (χ2v) is 7.64. The lowest BCUT2D eigenvalue weighted by Crippen LogP contribution is -2.26. The molecule has 7 nitrogen and oxygen atoms in total. The van der Waals surface area contributed by atoms with Crippen molar-refractivity contribution in [3.8, 4) is 5.75 Å². The van der Waals surface area contributed by atoms with E-state index in [1.807, 2.05) is 67.6 Å². The molecule has 0 bridgehead atoms. The molecule has 34 heavy (non-hydrogen) atoms. The lowest BCUT2D eigenvalue weighted by molar-refractivity contribution is 0.0951. The second kappa shape index (κ2) is 11.0. The van der Waals surface area contributed by atoms with Crippen LogP contribution in [0.15, 0.2) is 95.9 Å². The lowest BCUT2D eigenvalue weighted by atomic mass is 10.1. The molecule has 4 rings (SSSR count). The predicted octanol–water partition coefficient (Wildman–Crippen LogP) is 4.36. The van der Waals surface area contributed by atoms with Gasteiger partial charge in [0.25, 0.3) is 11.5 Å². The summed E-state index contributed by atoms with van der Waals surface area (Å²) in [5.74, 6) is 0.157. The van der Waals surface area contributed by atoms with Gasteiger partial charge >= 0.3 is 0 Å². The minimum Gasteiger partial charge on any atom is -0.490 e. The first-order valence-electron chi connectivity index (χ1n) is 11.1. The van der Waals surface area contributed by atoms with Gasteiger partial charge in [-0.25, -0.2) is 4.68 Å². The third kappa shape index (κ3) is 5.69. The van der Waals surface area contributed by atoms with Crippen LogP contribution in [0.3, 0.4) is 0 Å². The number of anilines is 2. The molecule has 3 aromatic carbocycles. The minimum atomic E-state index is -0.311. The van der Waals surface area contributed by atoms with Gasteiger partial charge in [0, 0.05) is 17.8 Å². The van der Waals surface area contributed by atoms with E-state index in [1.165, 1.54) is 10.9 Å². The lowest BCUT2D eigenvalue weighted by Gasteiger charge is -2.14. The van der Waals surface area contributed by atoms with Gasteiger partial charge in [0.1, 0.15) is 0 Å². The van der Waals surface area contributed by atoms with Gasteiger partial charge < -0.3 is 15.4 Å². The normalized spacial score (nSPS) is 10.5. The molecule has 0 radical (unpaired) electrons. The largest absolute Gasteiger partial charge is 0.490 e. The van der Waals surface area contributed by atoms with E-state index in [2.05, 4.69) is 15.7 Å². The van der Waals surface area contributed by atoms with Crippen LogP contribution < -0.4 is 20.9 Å². The van der Waals surface area contributed by atoms with Crippen LogP contribution in [0.1, 0.15) is 28.4 Å². The zero-order chi connectivity index (χ0) is 23.8. The fraction of sp³-hybridized carbons (Fsp3) is 0.148. The van der Waals surface area contributed by atoms with Crippen LogP contribution >= 0.6 is 0 Å². The van der Waals surface area contributed by atoms with Crippen molar-refractivity contribution in [2.24, 2.45) is 0 Å². The average molecular weight is 455 g/mol. The number of carbonyl (C=O) groups excluding carboxylic acids is 1. The van der Waals surface area contributed by atoms with Gasteiger partial charge in [-0.3, -0.25) is 9.59 Å². The Kier molecular flexibility index (Phi) is 7.35. The quantitative estimate of drug-likeness (QED) is 0.392. The van der Waals surface area contributed by atoms with Crippen molar-refractivity contribution >= 4 is 17.3 Å². The number of amides is 1. The number of nitrogens with one attached hydrogen (secondary N) is 2. The summed E-state index contributed by atoms with van der Waals surface area (Å²) in [7, 11) is 0. The van der Waals surface area contributed by atoms with Gasteiger partial charge in [0.15, 0.2) is 11.4 Å². The zero-order valence-electron chi connectivity index (χ0n) is 18.9. The van der Waals surface area contributed by atoms with E-state index in [-0.39, 0.29) is 17.2 Å². The summed E-state index contributed by atoms with van der Waals surface area (Å²) < 4.78 is 7.03. The number of rotatable bonds is 9. The van der Waals surface area contributed by atoms with Crippen LogP contribution in [-0.4, -0.2) is 22.3 Å². The molecule has 172 valence electrons. The van der Waals surface area contributed by atoms with Crippen LogP contribution in [0.5, 0.6) is 5.75 Å². The standard InChI is InChI=1S/C27H26N4O3/c1-2-34-24-18-29-31(19-21-12-7-4-8-13-21)27(33)25(24)30-23-15-9-14-22(16-23)26(32)28-17-20-10-5-3-6-11-20/h3-16,18,30H,2,17,19H2,1H3,(H,28,32). The highest BCUT2D eigenvalue weighted by Crippen LogP contribution is 2.24. The summed E-state index contributed by atoms with van der Waals surface area (Å²) in [6, 6.07) is 26.4. The maximum Gasteiger partial charge on any atom is 0.294 e. The third-order valence-electron chi connectivity index (χ3n) is 5.17. The van der Waals surface area contributed by atoms with E-state index in [1.54, 1.807) is 24.3 Å². The first-order chi connectivity index (χ1) is 16.6. The van der Waals surface area contributed by atoms with Gasteiger partial charge in [0.05, 0.1) is 19.3 Å². The molecular formula is C27H26N4O3. The maximum absolute atomic E-state index is 13.2. The number of hydrogen-bond acceptors (Lipinski definition) is 5. The molecule has 0 atom stereocenters. The molecule has 2 N–H and O–H groups in total. The first kappa shape index (κ1) is 22.8. The summed E-state index contributed by atoms with van der Waals surface area (Å²) >= 11 is 0. The van der Waals surface area contributed by atoms with Crippen LogP contribution in [-0.2, 0) is 13.1 Å².